The second-order valence-corrected chi connectivity index (χ2v) is 7.21. The van der Waals surface area contributed by atoms with Gasteiger partial charge in [-0.3, -0.25) is 4.99 Å². The highest BCUT2D eigenvalue weighted by molar-refractivity contribution is 14.0. The molecule has 158 valence electrons. The molecule has 1 aromatic carbocycles. The Balaban J connectivity index is 0.00000300. The van der Waals surface area contributed by atoms with E-state index in [-0.39, 0.29) is 24.0 Å². The fourth-order valence-electron chi connectivity index (χ4n) is 3.21. The third-order valence-corrected chi connectivity index (χ3v) is 5.01. The van der Waals surface area contributed by atoms with Gasteiger partial charge in [-0.25, -0.2) is 4.98 Å². The zero-order valence-corrected chi connectivity index (χ0v) is 19.6. The third kappa shape index (κ3) is 7.72. The van der Waals surface area contributed by atoms with Crippen LogP contribution in [0.3, 0.4) is 0 Å². The minimum Gasteiger partial charge on any atom is -0.492 e. The number of benzene rings is 1. The average molecular weight is 509 g/mol. The van der Waals surface area contributed by atoms with Crippen LogP contribution in [0.5, 0.6) is 5.75 Å². The van der Waals surface area contributed by atoms with E-state index in [0.717, 1.165) is 42.1 Å². The lowest BCUT2D eigenvalue weighted by atomic mass is 9.99. The standard InChI is InChI=1S/C22H31N5O.HI/c1-18-10-13-27(14-11-18)21-9-8-19(16-25-21)17-26-22(23-2)24-12-15-28-20-6-4-3-5-7-20;/h3-9,16,18H,10-15,17H2,1-2H3,(H2,23,24,26);1H. The number of halogens is 1. The molecule has 29 heavy (non-hydrogen) atoms. The van der Waals surface area contributed by atoms with Crippen LogP contribution in [-0.4, -0.2) is 44.2 Å². The summed E-state index contributed by atoms with van der Waals surface area (Å²) < 4.78 is 5.68. The van der Waals surface area contributed by atoms with Crippen molar-refractivity contribution in [1.29, 1.82) is 0 Å². The molecule has 0 radical (unpaired) electrons. The van der Waals surface area contributed by atoms with Gasteiger partial charge in [0.05, 0.1) is 6.54 Å². The maximum atomic E-state index is 5.68. The summed E-state index contributed by atoms with van der Waals surface area (Å²) in [7, 11) is 1.77. The summed E-state index contributed by atoms with van der Waals surface area (Å²) in [6, 6.07) is 14.1. The SMILES string of the molecule is CN=C(NCCOc1ccccc1)NCc1ccc(N2CCC(C)CC2)nc1.I. The molecule has 2 N–H and O–H groups in total. The Labute approximate surface area is 191 Å². The molecule has 1 fully saturated rings. The normalized spacial score (nSPS) is 14.8. The molecule has 2 heterocycles. The van der Waals surface area contributed by atoms with Crippen molar-refractivity contribution < 1.29 is 4.74 Å². The van der Waals surface area contributed by atoms with Gasteiger partial charge in [0.2, 0.25) is 0 Å². The van der Waals surface area contributed by atoms with E-state index in [1.165, 1.54) is 12.8 Å². The minimum atomic E-state index is 0. The van der Waals surface area contributed by atoms with Gasteiger partial charge in [-0.05, 0) is 42.5 Å². The van der Waals surface area contributed by atoms with Crippen LogP contribution in [0.1, 0.15) is 25.3 Å². The number of para-hydroxylation sites is 1. The van der Waals surface area contributed by atoms with E-state index < -0.39 is 0 Å². The van der Waals surface area contributed by atoms with Crippen molar-refractivity contribution in [2.45, 2.75) is 26.3 Å². The van der Waals surface area contributed by atoms with Crippen molar-refractivity contribution in [2.75, 3.05) is 38.2 Å². The third-order valence-electron chi connectivity index (χ3n) is 5.01. The van der Waals surface area contributed by atoms with Crippen molar-refractivity contribution >= 4 is 35.8 Å². The molecule has 0 aliphatic carbocycles. The number of aliphatic imine (C=N–C) groups is 1. The van der Waals surface area contributed by atoms with Gasteiger partial charge in [0.1, 0.15) is 18.2 Å². The van der Waals surface area contributed by atoms with Crippen LogP contribution < -0.4 is 20.3 Å². The molecule has 0 unspecified atom stereocenters. The van der Waals surface area contributed by atoms with Crippen LogP contribution in [0.2, 0.25) is 0 Å². The van der Waals surface area contributed by atoms with Crippen molar-refractivity contribution in [3.8, 4) is 5.75 Å². The summed E-state index contributed by atoms with van der Waals surface area (Å²) >= 11 is 0. The molecule has 2 aromatic rings. The second kappa shape index (κ2) is 12.5. The van der Waals surface area contributed by atoms with Gasteiger partial charge in [-0.15, -0.1) is 24.0 Å². The predicted octanol–water partition coefficient (Wildman–Crippen LogP) is 3.68. The molecule has 0 amide bonds. The maximum Gasteiger partial charge on any atom is 0.191 e. The number of rotatable bonds is 7. The highest BCUT2D eigenvalue weighted by atomic mass is 127. The highest BCUT2D eigenvalue weighted by Crippen LogP contribution is 2.21. The van der Waals surface area contributed by atoms with Gasteiger partial charge in [-0.2, -0.15) is 0 Å². The zero-order valence-electron chi connectivity index (χ0n) is 17.3. The Morgan fingerprint density at radius 1 is 1.14 bits per heavy atom. The van der Waals surface area contributed by atoms with E-state index in [4.69, 9.17) is 4.74 Å². The Morgan fingerprint density at radius 2 is 1.90 bits per heavy atom. The first-order valence-electron chi connectivity index (χ1n) is 10.1. The summed E-state index contributed by atoms with van der Waals surface area (Å²) in [6.07, 6.45) is 4.45. The predicted molar refractivity (Wildman–Crippen MR) is 130 cm³/mol. The monoisotopic (exact) mass is 509 g/mol. The van der Waals surface area contributed by atoms with Crippen LogP contribution in [0, 0.1) is 5.92 Å². The number of guanidine groups is 1. The lowest BCUT2D eigenvalue weighted by Gasteiger charge is -2.31. The van der Waals surface area contributed by atoms with E-state index in [2.05, 4.69) is 44.6 Å². The summed E-state index contributed by atoms with van der Waals surface area (Å²) in [4.78, 5) is 11.3. The van der Waals surface area contributed by atoms with Crippen molar-refractivity contribution in [2.24, 2.45) is 10.9 Å². The van der Waals surface area contributed by atoms with Gasteiger partial charge in [0.15, 0.2) is 5.96 Å². The molecular formula is C22H32IN5O. The maximum absolute atomic E-state index is 5.68. The van der Waals surface area contributed by atoms with Gasteiger partial charge < -0.3 is 20.3 Å². The number of piperidine rings is 1. The van der Waals surface area contributed by atoms with Gasteiger partial charge in [-0.1, -0.05) is 31.2 Å². The minimum absolute atomic E-state index is 0. The molecule has 6 nitrogen and oxygen atoms in total. The fraction of sp³-hybridized carbons (Fsp3) is 0.455. The van der Waals surface area contributed by atoms with Gasteiger partial charge in [0, 0.05) is 32.9 Å². The number of ether oxygens (including phenoxy) is 1. The van der Waals surface area contributed by atoms with Crippen LogP contribution in [-0.2, 0) is 6.54 Å². The smallest absolute Gasteiger partial charge is 0.191 e. The first-order valence-corrected chi connectivity index (χ1v) is 10.1. The quantitative estimate of drug-likeness (QED) is 0.258. The van der Waals surface area contributed by atoms with Crippen LogP contribution in [0.25, 0.3) is 0 Å². The molecular weight excluding hydrogens is 477 g/mol. The molecule has 1 aliphatic heterocycles. The number of hydrogen-bond donors (Lipinski definition) is 2. The first-order chi connectivity index (χ1) is 13.7. The van der Waals surface area contributed by atoms with Gasteiger partial charge in [0.25, 0.3) is 0 Å². The molecule has 0 atom stereocenters. The van der Waals surface area contributed by atoms with Gasteiger partial charge >= 0.3 is 0 Å². The molecule has 1 saturated heterocycles. The number of pyridine rings is 1. The fourth-order valence-corrected chi connectivity index (χ4v) is 3.21. The number of anilines is 1. The number of nitrogens with one attached hydrogen (secondary N) is 2. The molecule has 0 saturated carbocycles. The van der Waals surface area contributed by atoms with E-state index in [0.29, 0.717) is 19.7 Å². The number of nitrogens with zero attached hydrogens (tertiary/aromatic N) is 3. The van der Waals surface area contributed by atoms with Crippen molar-refractivity contribution in [3.05, 3.63) is 54.2 Å². The van der Waals surface area contributed by atoms with E-state index in [9.17, 15) is 0 Å². The Kier molecular flexibility index (Phi) is 10.0. The summed E-state index contributed by atoms with van der Waals surface area (Å²) in [6.45, 7) is 6.48. The lowest BCUT2D eigenvalue weighted by Crippen LogP contribution is -2.39. The zero-order chi connectivity index (χ0) is 19.6. The van der Waals surface area contributed by atoms with E-state index >= 15 is 0 Å². The van der Waals surface area contributed by atoms with Crippen molar-refractivity contribution in [1.82, 2.24) is 15.6 Å². The molecule has 1 aliphatic rings. The molecule has 3 rings (SSSR count). The average Bonchev–Trinajstić information content (AvgIpc) is 2.75. The Hall–Kier alpha value is -2.03. The topological polar surface area (TPSA) is 61.8 Å². The van der Waals surface area contributed by atoms with Crippen molar-refractivity contribution in [3.63, 3.8) is 0 Å². The Morgan fingerprint density at radius 3 is 2.55 bits per heavy atom. The van der Waals surface area contributed by atoms with Crippen LogP contribution in [0.15, 0.2) is 53.7 Å². The van der Waals surface area contributed by atoms with E-state index in [1.807, 2.05) is 36.5 Å². The van der Waals surface area contributed by atoms with E-state index in [1.54, 1.807) is 7.05 Å². The highest BCUT2D eigenvalue weighted by Gasteiger charge is 2.16. The first kappa shape index (κ1) is 23.3. The largest absolute Gasteiger partial charge is 0.492 e. The number of aromatic nitrogens is 1. The summed E-state index contributed by atoms with van der Waals surface area (Å²) in [5, 5.41) is 6.58. The lowest BCUT2D eigenvalue weighted by molar-refractivity contribution is 0.322. The Bertz CT molecular complexity index is 731. The van der Waals surface area contributed by atoms with Crippen LogP contribution >= 0.6 is 24.0 Å². The molecule has 0 bridgehead atoms. The molecule has 1 aromatic heterocycles. The molecule has 0 spiro atoms. The number of hydrogen-bond acceptors (Lipinski definition) is 4. The summed E-state index contributed by atoms with van der Waals surface area (Å²) in [5.41, 5.74) is 1.14. The summed E-state index contributed by atoms with van der Waals surface area (Å²) in [5.74, 6) is 3.54. The van der Waals surface area contributed by atoms with Crippen LogP contribution in [0.4, 0.5) is 5.82 Å². The molecule has 7 heteroatoms. The second-order valence-electron chi connectivity index (χ2n) is 7.21.